The van der Waals surface area contributed by atoms with Crippen LogP contribution in [0.15, 0.2) is 29.2 Å². The zero-order valence-electron chi connectivity index (χ0n) is 13.9. The maximum Gasteiger partial charge on any atom is 0.339 e. The molecule has 0 heterocycles. The highest BCUT2D eigenvalue weighted by molar-refractivity contribution is 7.94. The summed E-state index contributed by atoms with van der Waals surface area (Å²) in [6.45, 7) is 6.83. The van der Waals surface area contributed by atoms with E-state index in [1.165, 1.54) is 32.0 Å². The maximum atomic E-state index is 11.8. The first kappa shape index (κ1) is 17.4. The summed E-state index contributed by atoms with van der Waals surface area (Å²) in [6, 6.07) is 7.45. The Morgan fingerprint density at radius 3 is 2.68 bits per heavy atom. The molecule has 1 aliphatic rings. The van der Waals surface area contributed by atoms with Crippen molar-refractivity contribution in [2.24, 2.45) is 17.8 Å². The molecular weight excluding hydrogens is 296 g/mol. The molecule has 0 saturated heterocycles. The van der Waals surface area contributed by atoms with Crippen LogP contribution in [0, 0.1) is 17.8 Å². The Balaban J connectivity index is 2.06. The van der Waals surface area contributed by atoms with Crippen LogP contribution >= 0.6 is 12.0 Å². The van der Waals surface area contributed by atoms with Crippen LogP contribution in [0.3, 0.4) is 0 Å². The van der Waals surface area contributed by atoms with Gasteiger partial charge >= 0.3 is 5.97 Å². The molecule has 0 bridgehead atoms. The second-order valence-electron chi connectivity index (χ2n) is 6.53. The zero-order valence-corrected chi connectivity index (χ0v) is 14.7. The topological polar surface area (TPSA) is 35.5 Å². The standard InChI is InChI=1S/C18H26O3S/c1-12(2)14-10-9-13(3)11-16(14)21-22-17-8-6-5-7-15(17)18(19)20-4/h5-8,12-14,16H,9-11H2,1-4H3. The third-order valence-electron chi connectivity index (χ3n) is 4.52. The molecule has 0 amide bonds. The molecule has 3 atom stereocenters. The quantitative estimate of drug-likeness (QED) is 0.567. The molecule has 3 nitrogen and oxygen atoms in total. The molecule has 1 aromatic rings. The first-order valence-corrected chi connectivity index (χ1v) is 8.77. The first-order valence-electron chi connectivity index (χ1n) is 8.03. The summed E-state index contributed by atoms with van der Waals surface area (Å²) in [5.41, 5.74) is 0.569. The fourth-order valence-corrected chi connectivity index (χ4v) is 3.98. The van der Waals surface area contributed by atoms with E-state index in [1.807, 2.05) is 18.2 Å². The van der Waals surface area contributed by atoms with Crippen LogP contribution in [-0.2, 0) is 8.92 Å². The molecule has 0 aromatic heterocycles. The summed E-state index contributed by atoms with van der Waals surface area (Å²) >= 11 is 1.32. The summed E-state index contributed by atoms with van der Waals surface area (Å²) in [4.78, 5) is 12.6. The number of carbonyl (C=O) groups excluding carboxylic acids is 1. The van der Waals surface area contributed by atoms with Gasteiger partial charge in [-0.1, -0.05) is 39.3 Å². The van der Waals surface area contributed by atoms with Gasteiger partial charge in [0.15, 0.2) is 0 Å². The van der Waals surface area contributed by atoms with Crippen molar-refractivity contribution in [3.8, 4) is 0 Å². The van der Waals surface area contributed by atoms with E-state index in [0.717, 1.165) is 11.3 Å². The van der Waals surface area contributed by atoms with Gasteiger partial charge in [0.1, 0.15) is 0 Å². The Kier molecular flexibility index (Phi) is 6.33. The summed E-state index contributed by atoms with van der Waals surface area (Å²) in [5.74, 6) is 1.60. The Morgan fingerprint density at radius 2 is 2.00 bits per heavy atom. The number of rotatable bonds is 5. The molecule has 0 aliphatic heterocycles. The van der Waals surface area contributed by atoms with Crippen molar-refractivity contribution in [3.05, 3.63) is 29.8 Å². The molecular formula is C18H26O3S. The van der Waals surface area contributed by atoms with Gasteiger partial charge in [-0.05, 0) is 42.7 Å². The molecule has 0 N–H and O–H groups in total. The minimum Gasteiger partial charge on any atom is -0.465 e. The number of hydrogen-bond donors (Lipinski definition) is 0. The zero-order chi connectivity index (χ0) is 16.1. The van der Waals surface area contributed by atoms with Crippen molar-refractivity contribution in [1.82, 2.24) is 0 Å². The molecule has 4 heteroatoms. The van der Waals surface area contributed by atoms with Crippen molar-refractivity contribution in [1.29, 1.82) is 0 Å². The number of carbonyl (C=O) groups is 1. The average Bonchev–Trinajstić information content (AvgIpc) is 2.52. The summed E-state index contributed by atoms with van der Waals surface area (Å²) < 4.78 is 11.0. The van der Waals surface area contributed by atoms with E-state index in [1.54, 1.807) is 6.07 Å². The third-order valence-corrected chi connectivity index (χ3v) is 5.39. The van der Waals surface area contributed by atoms with E-state index in [0.29, 0.717) is 23.3 Å². The Morgan fingerprint density at radius 1 is 1.27 bits per heavy atom. The highest BCUT2D eigenvalue weighted by Crippen LogP contribution is 2.38. The van der Waals surface area contributed by atoms with Gasteiger partial charge in [0.25, 0.3) is 0 Å². The van der Waals surface area contributed by atoms with Gasteiger partial charge in [0.2, 0.25) is 0 Å². The Bertz CT molecular complexity index is 501. The van der Waals surface area contributed by atoms with Crippen molar-refractivity contribution in [2.45, 2.75) is 51.0 Å². The molecule has 2 rings (SSSR count). The SMILES string of the molecule is COC(=O)c1ccccc1SOC1CC(C)CCC1C(C)C. The normalized spacial score (nSPS) is 25.2. The van der Waals surface area contributed by atoms with Gasteiger partial charge in [0.05, 0.1) is 18.8 Å². The predicted molar refractivity (Wildman–Crippen MR) is 89.9 cm³/mol. The van der Waals surface area contributed by atoms with E-state index in [2.05, 4.69) is 20.8 Å². The minimum atomic E-state index is -0.316. The Hall–Kier alpha value is -1.00. The van der Waals surface area contributed by atoms with E-state index in [4.69, 9.17) is 8.92 Å². The summed E-state index contributed by atoms with van der Waals surface area (Å²) in [7, 11) is 1.41. The van der Waals surface area contributed by atoms with E-state index < -0.39 is 0 Å². The van der Waals surface area contributed by atoms with E-state index in [-0.39, 0.29) is 12.1 Å². The average molecular weight is 322 g/mol. The van der Waals surface area contributed by atoms with Gasteiger partial charge in [0, 0.05) is 16.9 Å². The molecule has 122 valence electrons. The highest BCUT2D eigenvalue weighted by atomic mass is 32.2. The third kappa shape index (κ3) is 4.26. The maximum absolute atomic E-state index is 11.8. The molecule has 22 heavy (non-hydrogen) atoms. The number of benzene rings is 1. The number of ether oxygens (including phenoxy) is 1. The number of methoxy groups -OCH3 is 1. The predicted octanol–water partition coefficient (Wildman–Crippen LogP) is 4.96. The lowest BCUT2D eigenvalue weighted by Crippen LogP contribution is -2.32. The van der Waals surface area contributed by atoms with E-state index in [9.17, 15) is 4.79 Å². The summed E-state index contributed by atoms with van der Waals surface area (Å²) in [6.07, 6.45) is 3.85. The largest absolute Gasteiger partial charge is 0.465 e. The molecule has 1 saturated carbocycles. The number of hydrogen-bond acceptors (Lipinski definition) is 4. The van der Waals surface area contributed by atoms with Crippen molar-refractivity contribution in [2.75, 3.05) is 7.11 Å². The lowest BCUT2D eigenvalue weighted by Gasteiger charge is -2.36. The van der Waals surface area contributed by atoms with Gasteiger partial charge in [-0.3, -0.25) is 0 Å². The van der Waals surface area contributed by atoms with Crippen LogP contribution in [0.5, 0.6) is 0 Å². The van der Waals surface area contributed by atoms with Crippen molar-refractivity contribution in [3.63, 3.8) is 0 Å². The molecule has 1 aromatic carbocycles. The monoisotopic (exact) mass is 322 g/mol. The van der Waals surface area contributed by atoms with Gasteiger partial charge in [-0.2, -0.15) is 0 Å². The van der Waals surface area contributed by atoms with Crippen LogP contribution in [-0.4, -0.2) is 19.2 Å². The van der Waals surface area contributed by atoms with Crippen LogP contribution < -0.4 is 0 Å². The lowest BCUT2D eigenvalue weighted by atomic mass is 9.75. The summed E-state index contributed by atoms with van der Waals surface area (Å²) in [5, 5.41) is 0. The minimum absolute atomic E-state index is 0.249. The van der Waals surface area contributed by atoms with Crippen molar-refractivity contribution < 1.29 is 13.7 Å². The highest BCUT2D eigenvalue weighted by Gasteiger charge is 2.32. The van der Waals surface area contributed by atoms with Gasteiger partial charge in [-0.15, -0.1) is 0 Å². The number of esters is 1. The smallest absolute Gasteiger partial charge is 0.339 e. The molecule has 3 unspecified atom stereocenters. The first-order chi connectivity index (χ1) is 10.5. The van der Waals surface area contributed by atoms with Crippen LogP contribution in [0.2, 0.25) is 0 Å². The van der Waals surface area contributed by atoms with Gasteiger partial charge < -0.3 is 8.92 Å². The van der Waals surface area contributed by atoms with Crippen LogP contribution in [0.25, 0.3) is 0 Å². The second kappa shape index (κ2) is 8.02. The Labute approximate surface area is 138 Å². The lowest BCUT2D eigenvalue weighted by molar-refractivity contribution is 0.0584. The van der Waals surface area contributed by atoms with Crippen LogP contribution in [0.1, 0.15) is 50.4 Å². The molecule has 0 spiro atoms. The van der Waals surface area contributed by atoms with Crippen LogP contribution in [0.4, 0.5) is 0 Å². The fourth-order valence-electron chi connectivity index (χ4n) is 3.16. The van der Waals surface area contributed by atoms with Gasteiger partial charge in [-0.25, -0.2) is 4.79 Å². The fraction of sp³-hybridized carbons (Fsp3) is 0.611. The molecule has 1 aliphatic carbocycles. The van der Waals surface area contributed by atoms with E-state index >= 15 is 0 Å². The molecule has 1 fully saturated rings. The second-order valence-corrected chi connectivity index (χ2v) is 7.33. The van der Waals surface area contributed by atoms with Crippen molar-refractivity contribution >= 4 is 18.0 Å². The molecule has 0 radical (unpaired) electrons.